The number of carboxylic acid groups (broad SMARTS) is 1. The van der Waals surface area contributed by atoms with Crippen molar-refractivity contribution in [3.8, 4) is 0 Å². The van der Waals surface area contributed by atoms with Gasteiger partial charge in [-0.05, 0) is 72.8 Å². The Bertz CT molecular complexity index is 1660. The number of hydrogen-bond donors (Lipinski definition) is 2. The van der Waals surface area contributed by atoms with Crippen LogP contribution in [0.1, 0.15) is 50.9 Å². The summed E-state index contributed by atoms with van der Waals surface area (Å²) >= 11 is 0. The zero-order valence-electron chi connectivity index (χ0n) is 27.0. The summed E-state index contributed by atoms with van der Waals surface area (Å²) in [6.45, 7) is 2.39. The van der Waals surface area contributed by atoms with E-state index in [1.165, 1.54) is 18.5 Å². The Labute approximate surface area is 308 Å². The molecule has 0 aromatic carbocycles. The topological polar surface area (TPSA) is 147 Å². The molecule has 0 spiro atoms. The van der Waals surface area contributed by atoms with Gasteiger partial charge in [0.05, 0.1) is 47.0 Å². The minimum absolute atomic E-state index is 0. The van der Waals surface area contributed by atoms with Gasteiger partial charge in [-0.15, -0.1) is 0 Å². The normalized spacial score (nSPS) is 9.36. The average Bonchev–Trinajstić information content (AvgIpc) is 3.14. The van der Waals surface area contributed by atoms with E-state index in [1.54, 1.807) is 60.3 Å². The van der Waals surface area contributed by atoms with Crippen LogP contribution in [0.2, 0.25) is 0 Å². The number of rotatable bonds is 10. The zero-order chi connectivity index (χ0) is 32.9. The van der Waals surface area contributed by atoms with E-state index in [0.717, 1.165) is 35.9 Å². The Hall–Kier alpha value is -5.51. The number of pyridine rings is 6. The van der Waals surface area contributed by atoms with Gasteiger partial charge in [0.15, 0.2) is 0 Å². The van der Waals surface area contributed by atoms with Crippen LogP contribution in [0.4, 0.5) is 0 Å². The molecule has 0 unspecified atom stereocenters. The maximum Gasteiger partial charge on any atom is 0.337 e. The number of amides is 1. The van der Waals surface area contributed by atoms with Crippen LogP contribution in [-0.4, -0.2) is 51.8 Å². The predicted molar refractivity (Wildman–Crippen MR) is 190 cm³/mol. The van der Waals surface area contributed by atoms with Crippen LogP contribution in [0.5, 0.6) is 0 Å². The molecular weight excluding hydrogens is 800 g/mol. The number of aromatic carboxylic acids is 1. The summed E-state index contributed by atoms with van der Waals surface area (Å²) in [5.74, 6) is -1.03. The summed E-state index contributed by atoms with van der Waals surface area (Å²) in [5.41, 5.74) is 4.54. The second-order valence-corrected chi connectivity index (χ2v) is 9.84. The first-order chi connectivity index (χ1) is 23.1. The monoisotopic (exact) mass is 841 g/mol. The van der Waals surface area contributed by atoms with E-state index >= 15 is 0 Å². The molecule has 11 nitrogen and oxygen atoms in total. The second kappa shape index (κ2) is 24.6. The first-order valence-electron chi connectivity index (χ1n) is 14.7. The van der Waals surface area contributed by atoms with E-state index in [9.17, 15) is 9.59 Å². The molecule has 0 saturated heterocycles. The first-order valence-corrected chi connectivity index (χ1v) is 14.7. The van der Waals surface area contributed by atoms with Crippen molar-refractivity contribution in [3.63, 3.8) is 0 Å². The second-order valence-electron chi connectivity index (χ2n) is 9.84. The van der Waals surface area contributed by atoms with Gasteiger partial charge in [0.25, 0.3) is 5.91 Å². The summed E-state index contributed by atoms with van der Waals surface area (Å²) in [4.78, 5) is 49.4. The Balaban J connectivity index is 0.000000401. The molecule has 6 rings (SSSR count). The smallest absolute Gasteiger partial charge is 0.337 e. The molecule has 0 radical (unpaired) electrons. The molecule has 0 bridgehead atoms. The molecule has 50 heavy (non-hydrogen) atoms. The first kappa shape index (κ1) is 42.5. The van der Waals surface area contributed by atoms with Crippen LogP contribution >= 0.6 is 0 Å². The van der Waals surface area contributed by atoms with Crippen molar-refractivity contribution >= 4 is 11.9 Å². The summed E-state index contributed by atoms with van der Waals surface area (Å²) in [7, 11) is 0. The largest absolute Gasteiger partial charge is 0.478 e. The minimum atomic E-state index is -0.942. The Kier molecular flexibility index (Phi) is 20.9. The molecule has 0 aliphatic rings. The number of carbonyl (C=O) groups is 2. The zero-order valence-corrected chi connectivity index (χ0v) is 29.9. The molecule has 6 aromatic rings. The van der Waals surface area contributed by atoms with Gasteiger partial charge in [-0.3, -0.25) is 34.7 Å². The predicted octanol–water partition coefficient (Wildman–Crippen LogP) is 6.34. The number of hydrogen-bond acceptors (Lipinski definition) is 9. The third-order valence-corrected chi connectivity index (χ3v) is 6.33. The van der Waals surface area contributed by atoms with Gasteiger partial charge in [-0.2, -0.15) is 0 Å². The summed E-state index contributed by atoms with van der Waals surface area (Å²) in [5, 5.41) is 11.6. The number of aromatic nitrogens is 6. The maximum absolute atomic E-state index is 12.8. The molecule has 0 aliphatic heterocycles. The van der Waals surface area contributed by atoms with Gasteiger partial charge in [0.2, 0.25) is 0 Å². The fraction of sp³-hybridized carbons (Fsp3) is 0.132. The molecule has 6 heterocycles. The van der Waals surface area contributed by atoms with Crippen LogP contribution in [0.25, 0.3) is 0 Å². The Morgan fingerprint density at radius 3 is 1.28 bits per heavy atom. The molecule has 2 N–H and O–H groups in total. The number of carboxylic acids is 1. The van der Waals surface area contributed by atoms with E-state index in [-0.39, 0.29) is 47.4 Å². The van der Waals surface area contributed by atoms with Crippen molar-refractivity contribution in [2.45, 2.75) is 33.6 Å². The fourth-order valence-electron chi connectivity index (χ4n) is 4.06. The van der Waals surface area contributed by atoms with Crippen molar-refractivity contribution in [3.05, 3.63) is 188 Å². The molecule has 258 valence electrons. The van der Waals surface area contributed by atoms with Crippen molar-refractivity contribution in [1.82, 2.24) is 40.1 Å². The van der Waals surface area contributed by atoms with Crippen molar-refractivity contribution in [1.29, 1.82) is 0 Å². The van der Waals surface area contributed by atoms with E-state index in [0.29, 0.717) is 18.7 Å². The molecule has 1 amide bonds. The third-order valence-electron chi connectivity index (χ3n) is 6.33. The Morgan fingerprint density at radius 1 is 0.560 bits per heavy atom. The molecule has 0 saturated carbocycles. The van der Waals surface area contributed by atoms with Gasteiger partial charge in [-0.25, -0.2) is 4.79 Å². The van der Waals surface area contributed by atoms with Crippen LogP contribution in [-0.2, 0) is 47.2 Å². The molecule has 0 fully saturated rings. The molecule has 12 heteroatoms. The third kappa shape index (κ3) is 15.6. The molecule has 0 aliphatic carbocycles. The van der Waals surface area contributed by atoms with Crippen LogP contribution in [0.15, 0.2) is 147 Å². The van der Waals surface area contributed by atoms with Crippen molar-refractivity contribution in [2.24, 2.45) is 0 Å². The van der Waals surface area contributed by atoms with Gasteiger partial charge in [0.1, 0.15) is 0 Å². The quantitative estimate of drug-likeness (QED) is 0.150. The molecular formula is C38H41N8O3W-. The summed E-state index contributed by atoms with van der Waals surface area (Å²) in [6.07, 6.45) is 13.1. The summed E-state index contributed by atoms with van der Waals surface area (Å²) in [6, 6.07) is 29.8. The Morgan fingerprint density at radius 2 is 0.960 bits per heavy atom. The van der Waals surface area contributed by atoms with Gasteiger partial charge < -0.3 is 22.7 Å². The average molecular weight is 842 g/mol. The van der Waals surface area contributed by atoms with Gasteiger partial charge in [0, 0.05) is 83.7 Å². The summed E-state index contributed by atoms with van der Waals surface area (Å²) < 4.78 is 0. The fourth-order valence-corrected chi connectivity index (χ4v) is 4.06. The van der Waals surface area contributed by atoms with Crippen LogP contribution < -0.4 is 5.32 Å². The van der Waals surface area contributed by atoms with E-state index in [2.05, 4.69) is 35.2 Å². The molecule has 6 aromatic heterocycles. The van der Waals surface area contributed by atoms with Crippen molar-refractivity contribution in [2.75, 3.05) is 0 Å². The standard InChI is InChI=1S/C18H16N4O.C12H13N3.C6H5NO2.CH4.CH3.W/c23-18(15-6-5-9-19-12-15)22(13-16-7-1-3-10-20-16)14-17-8-2-4-11-21-17;1-3-7-14-11(5-1)9-13-10-12-6-2-4-8-15-12;8-6(9)5-2-1-3-7-4-5;;;/h1-12H,13-14H2;1-8,13H,9-10H2;1-4H,(H,8,9);1H4;1H3;/q;;;;-1;. The number of carbonyl (C=O) groups excluding carboxylic acids is 1. The van der Waals surface area contributed by atoms with E-state index < -0.39 is 5.97 Å². The van der Waals surface area contributed by atoms with E-state index in [4.69, 9.17) is 5.11 Å². The van der Waals surface area contributed by atoms with Crippen LogP contribution in [0, 0.1) is 7.43 Å². The van der Waals surface area contributed by atoms with Crippen LogP contribution in [0.3, 0.4) is 0 Å². The van der Waals surface area contributed by atoms with Crippen molar-refractivity contribution < 1.29 is 35.8 Å². The SMILES string of the molecule is C.O=C(O)c1cccnc1.O=C(c1cccnc1)N(Cc1ccccn1)Cc1ccccn1.[CH3-].[W].c1ccc(CNCc2ccccn2)nc1. The van der Waals surface area contributed by atoms with E-state index in [1.807, 2.05) is 72.8 Å². The number of nitrogens with one attached hydrogen (secondary N) is 1. The number of nitrogens with zero attached hydrogens (tertiary/aromatic N) is 7. The maximum atomic E-state index is 12.8. The minimum Gasteiger partial charge on any atom is -0.478 e. The van der Waals surface area contributed by atoms with Gasteiger partial charge >= 0.3 is 5.97 Å². The van der Waals surface area contributed by atoms with Gasteiger partial charge in [-0.1, -0.05) is 31.7 Å². The molecule has 0 atom stereocenters.